The van der Waals surface area contributed by atoms with E-state index in [0.717, 1.165) is 13.0 Å². The molecular formula is C5H14NOP. The molecule has 2 atom stereocenters. The minimum Gasteiger partial charge on any atom is -0.366 e. The van der Waals surface area contributed by atoms with Crippen LogP contribution in [0.25, 0.3) is 0 Å². The van der Waals surface area contributed by atoms with Crippen LogP contribution < -0.4 is 5.73 Å². The number of hydrogen-bond donors (Lipinski definition) is 1. The molecule has 3 heteroatoms. The summed E-state index contributed by atoms with van der Waals surface area (Å²) in [6.45, 7) is 3.22. The third kappa shape index (κ3) is 4.51. The molecule has 0 aromatic heterocycles. The van der Waals surface area contributed by atoms with E-state index in [2.05, 4.69) is 16.2 Å². The first-order valence-corrected chi connectivity index (χ1v) is 3.51. The lowest BCUT2D eigenvalue weighted by Gasteiger charge is -2.05. The summed E-state index contributed by atoms with van der Waals surface area (Å²) in [4.78, 5) is 0. The fourth-order valence-corrected chi connectivity index (χ4v) is 0.473. The molecule has 50 valence electrons. The summed E-state index contributed by atoms with van der Waals surface area (Å²) < 4.78 is 4.94. The average molecular weight is 135 g/mol. The van der Waals surface area contributed by atoms with Gasteiger partial charge < -0.3 is 10.5 Å². The lowest BCUT2D eigenvalue weighted by atomic mass is 10.3. The van der Waals surface area contributed by atoms with Gasteiger partial charge in [-0.25, -0.2) is 0 Å². The van der Waals surface area contributed by atoms with Crippen molar-refractivity contribution in [3.05, 3.63) is 0 Å². The third-order valence-corrected chi connectivity index (χ3v) is 1.64. The Morgan fingerprint density at radius 1 is 1.75 bits per heavy atom. The highest BCUT2D eigenvalue weighted by Crippen LogP contribution is 2.03. The fraction of sp³-hybridized carbons (Fsp3) is 1.00. The van der Waals surface area contributed by atoms with Crippen LogP contribution in [0.5, 0.6) is 0 Å². The fourth-order valence-electron chi connectivity index (χ4n) is 0.337. The van der Waals surface area contributed by atoms with Crippen molar-refractivity contribution in [3.63, 3.8) is 0 Å². The molecule has 0 aliphatic rings. The molecule has 1 unspecified atom stereocenters. The maximum absolute atomic E-state index is 5.10. The van der Waals surface area contributed by atoms with Crippen LogP contribution in [0, 0.1) is 0 Å². The zero-order valence-corrected chi connectivity index (χ0v) is 6.42. The van der Waals surface area contributed by atoms with Gasteiger partial charge in [-0.05, 0) is 12.1 Å². The Morgan fingerprint density at radius 2 is 2.38 bits per heavy atom. The summed E-state index contributed by atoms with van der Waals surface area (Å²) in [6.07, 6.45) is 1.13. The molecule has 0 saturated heterocycles. The van der Waals surface area contributed by atoms with Crippen LogP contribution in [0.1, 0.15) is 13.3 Å². The highest BCUT2D eigenvalue weighted by Gasteiger charge is 1.95. The Bertz CT molecular complexity index is 51.7. The monoisotopic (exact) mass is 135 g/mol. The molecule has 0 aliphatic heterocycles. The van der Waals surface area contributed by atoms with Crippen LogP contribution in [-0.4, -0.2) is 19.0 Å². The van der Waals surface area contributed by atoms with Gasteiger partial charge in [0.05, 0.1) is 13.3 Å². The van der Waals surface area contributed by atoms with Gasteiger partial charge in [0.2, 0.25) is 0 Å². The largest absolute Gasteiger partial charge is 0.366 e. The molecule has 0 radical (unpaired) electrons. The smallest absolute Gasteiger partial charge is 0.0940 e. The predicted octanol–water partition coefficient (Wildman–Crippen LogP) is 0.573. The van der Waals surface area contributed by atoms with E-state index in [-0.39, 0.29) is 0 Å². The van der Waals surface area contributed by atoms with E-state index >= 15 is 0 Å². The topological polar surface area (TPSA) is 35.2 Å². The molecule has 0 aromatic carbocycles. The van der Waals surface area contributed by atoms with Crippen LogP contribution in [0.3, 0.4) is 0 Å². The average Bonchev–Trinajstić information content (AvgIpc) is 1.83. The van der Waals surface area contributed by atoms with E-state index < -0.39 is 0 Å². The van der Waals surface area contributed by atoms with Crippen LogP contribution in [0.15, 0.2) is 0 Å². The quantitative estimate of drug-likeness (QED) is 0.452. The van der Waals surface area contributed by atoms with Gasteiger partial charge in [-0.15, -0.1) is 9.24 Å². The molecule has 2 nitrogen and oxygen atoms in total. The number of ether oxygens (including phenoxy) is 1. The lowest BCUT2D eigenvalue weighted by Crippen LogP contribution is -2.12. The SMILES string of the molecule is CC[C@H](P)COCN. The van der Waals surface area contributed by atoms with Crippen molar-refractivity contribution >= 4 is 9.24 Å². The van der Waals surface area contributed by atoms with Crippen molar-refractivity contribution in [2.45, 2.75) is 19.0 Å². The third-order valence-electron chi connectivity index (χ3n) is 0.974. The molecule has 0 saturated carbocycles. The molecule has 0 aliphatic carbocycles. The molecule has 2 N–H and O–H groups in total. The zero-order chi connectivity index (χ0) is 6.41. The summed E-state index contributed by atoms with van der Waals surface area (Å²) in [5.74, 6) is 0. The van der Waals surface area contributed by atoms with Crippen molar-refractivity contribution in [2.24, 2.45) is 5.73 Å². The van der Waals surface area contributed by atoms with Crippen LogP contribution >= 0.6 is 9.24 Å². The highest BCUT2D eigenvalue weighted by atomic mass is 31.0. The Morgan fingerprint density at radius 3 is 2.75 bits per heavy atom. The molecular weight excluding hydrogens is 121 g/mol. The van der Waals surface area contributed by atoms with Gasteiger partial charge in [0, 0.05) is 0 Å². The van der Waals surface area contributed by atoms with Crippen LogP contribution in [0.2, 0.25) is 0 Å². The predicted molar refractivity (Wildman–Crippen MR) is 38.8 cm³/mol. The Hall–Kier alpha value is 0.350. The van der Waals surface area contributed by atoms with E-state index in [0.29, 0.717) is 12.4 Å². The van der Waals surface area contributed by atoms with Gasteiger partial charge in [0.1, 0.15) is 0 Å². The van der Waals surface area contributed by atoms with Gasteiger partial charge in [0.15, 0.2) is 0 Å². The van der Waals surface area contributed by atoms with Crippen molar-refractivity contribution in [3.8, 4) is 0 Å². The Balaban J connectivity index is 2.86. The highest BCUT2D eigenvalue weighted by molar-refractivity contribution is 7.17. The zero-order valence-electron chi connectivity index (χ0n) is 5.26. The molecule has 0 amide bonds. The van der Waals surface area contributed by atoms with E-state index in [1.165, 1.54) is 0 Å². The Labute approximate surface area is 53.0 Å². The minimum atomic E-state index is 0.338. The first-order chi connectivity index (χ1) is 3.81. The first kappa shape index (κ1) is 8.35. The Kier molecular flexibility index (Phi) is 5.73. The summed E-state index contributed by atoms with van der Waals surface area (Å²) in [7, 11) is 2.70. The second-order valence-corrected chi connectivity index (χ2v) is 2.65. The molecule has 8 heavy (non-hydrogen) atoms. The van der Waals surface area contributed by atoms with E-state index in [1.54, 1.807) is 0 Å². The number of rotatable bonds is 4. The van der Waals surface area contributed by atoms with E-state index in [1.807, 2.05) is 0 Å². The van der Waals surface area contributed by atoms with Gasteiger partial charge in [-0.2, -0.15) is 0 Å². The molecule has 0 bridgehead atoms. The van der Waals surface area contributed by atoms with Crippen LogP contribution in [0.4, 0.5) is 0 Å². The van der Waals surface area contributed by atoms with Gasteiger partial charge in [0.25, 0.3) is 0 Å². The van der Waals surface area contributed by atoms with Gasteiger partial charge in [-0.3, -0.25) is 0 Å². The summed E-state index contributed by atoms with van der Waals surface area (Å²) in [5.41, 5.74) is 5.67. The van der Waals surface area contributed by atoms with Crippen molar-refractivity contribution in [1.82, 2.24) is 0 Å². The molecule has 0 fully saturated rings. The van der Waals surface area contributed by atoms with Gasteiger partial charge in [-0.1, -0.05) is 6.92 Å². The molecule has 0 heterocycles. The summed E-state index contributed by atoms with van der Waals surface area (Å²) >= 11 is 0. The maximum Gasteiger partial charge on any atom is 0.0940 e. The minimum absolute atomic E-state index is 0.338. The molecule has 0 spiro atoms. The first-order valence-electron chi connectivity index (χ1n) is 2.84. The van der Waals surface area contributed by atoms with Crippen LogP contribution in [-0.2, 0) is 4.74 Å². The lowest BCUT2D eigenvalue weighted by molar-refractivity contribution is 0.141. The molecule has 0 rings (SSSR count). The van der Waals surface area contributed by atoms with E-state index in [4.69, 9.17) is 10.5 Å². The number of nitrogens with two attached hydrogens (primary N) is 1. The van der Waals surface area contributed by atoms with Gasteiger partial charge >= 0.3 is 0 Å². The summed E-state index contributed by atoms with van der Waals surface area (Å²) in [5, 5.41) is 0. The van der Waals surface area contributed by atoms with E-state index in [9.17, 15) is 0 Å². The van der Waals surface area contributed by atoms with Crippen molar-refractivity contribution in [2.75, 3.05) is 13.3 Å². The normalized spacial score (nSPS) is 13.9. The maximum atomic E-state index is 5.10. The van der Waals surface area contributed by atoms with Crippen molar-refractivity contribution in [1.29, 1.82) is 0 Å². The number of hydrogen-bond acceptors (Lipinski definition) is 2. The molecule has 0 aromatic rings. The second kappa shape index (κ2) is 5.49. The summed E-state index contributed by atoms with van der Waals surface area (Å²) in [6, 6.07) is 0. The van der Waals surface area contributed by atoms with Crippen molar-refractivity contribution < 1.29 is 4.74 Å². The second-order valence-electron chi connectivity index (χ2n) is 1.71. The standard InChI is InChI=1S/C5H14NOP/c1-2-5(8)3-7-4-6/h5H,2-4,6,8H2,1H3/t5-/m0/s1.